The van der Waals surface area contributed by atoms with Crippen molar-refractivity contribution >= 4 is 5.91 Å². The van der Waals surface area contributed by atoms with Crippen LogP contribution in [-0.4, -0.2) is 30.4 Å². The van der Waals surface area contributed by atoms with Crippen LogP contribution >= 0.6 is 0 Å². The first-order chi connectivity index (χ1) is 9.02. The predicted molar refractivity (Wildman–Crippen MR) is 64.0 cm³/mol. The van der Waals surface area contributed by atoms with Crippen molar-refractivity contribution in [1.29, 1.82) is 0 Å². The molecule has 1 atom stereocenters. The zero-order valence-corrected chi connectivity index (χ0v) is 10.3. The molecule has 0 aliphatic carbocycles. The van der Waals surface area contributed by atoms with Crippen LogP contribution in [0.4, 0.5) is 13.2 Å². The molecule has 1 aromatic rings. The number of piperidine rings is 1. The first-order valence-electron chi connectivity index (χ1n) is 6.16. The first-order valence-corrected chi connectivity index (χ1v) is 6.16. The summed E-state index contributed by atoms with van der Waals surface area (Å²) in [4.78, 5) is 13.6. The Labute approximate surface area is 109 Å². The van der Waals surface area contributed by atoms with Gasteiger partial charge >= 0.3 is 0 Å². The molecule has 1 amide bonds. The van der Waals surface area contributed by atoms with E-state index in [2.05, 4.69) is 0 Å². The van der Waals surface area contributed by atoms with E-state index in [1.807, 2.05) is 0 Å². The molecule has 1 aromatic carbocycles. The molecule has 0 aromatic heterocycles. The molecule has 1 heterocycles. The van der Waals surface area contributed by atoms with Crippen LogP contribution < -0.4 is 5.73 Å². The Morgan fingerprint density at radius 1 is 1.32 bits per heavy atom. The number of amides is 1. The van der Waals surface area contributed by atoms with Gasteiger partial charge in [-0.1, -0.05) is 0 Å². The fourth-order valence-electron chi connectivity index (χ4n) is 2.30. The van der Waals surface area contributed by atoms with Crippen molar-refractivity contribution in [3.05, 3.63) is 35.1 Å². The van der Waals surface area contributed by atoms with Crippen molar-refractivity contribution in [2.75, 3.05) is 19.6 Å². The van der Waals surface area contributed by atoms with Crippen LogP contribution in [0.3, 0.4) is 0 Å². The van der Waals surface area contributed by atoms with Gasteiger partial charge in [0.1, 0.15) is 0 Å². The van der Waals surface area contributed by atoms with Gasteiger partial charge in [-0.15, -0.1) is 0 Å². The molecule has 1 fully saturated rings. The summed E-state index contributed by atoms with van der Waals surface area (Å²) in [5.41, 5.74) is 5.39. The molecule has 1 aliphatic heterocycles. The summed E-state index contributed by atoms with van der Waals surface area (Å²) in [6.45, 7) is 1.46. The highest BCUT2D eigenvalue weighted by Crippen LogP contribution is 2.20. The maximum absolute atomic E-state index is 13.1. The summed E-state index contributed by atoms with van der Waals surface area (Å²) < 4.78 is 39.1. The highest BCUT2D eigenvalue weighted by Gasteiger charge is 2.25. The second kappa shape index (κ2) is 5.61. The van der Waals surface area contributed by atoms with Gasteiger partial charge in [0.25, 0.3) is 5.91 Å². The summed E-state index contributed by atoms with van der Waals surface area (Å²) in [5, 5.41) is 0. The number of likely N-dealkylation sites (tertiary alicyclic amines) is 1. The maximum Gasteiger partial charge on any atom is 0.254 e. The highest BCUT2D eigenvalue weighted by atomic mass is 19.2. The van der Waals surface area contributed by atoms with Gasteiger partial charge in [0, 0.05) is 18.7 Å². The van der Waals surface area contributed by atoms with E-state index in [0.717, 1.165) is 25.0 Å². The fraction of sp³-hybridized carbons (Fsp3) is 0.462. The monoisotopic (exact) mass is 272 g/mol. The van der Waals surface area contributed by atoms with E-state index in [9.17, 15) is 18.0 Å². The van der Waals surface area contributed by atoms with Gasteiger partial charge in [0.15, 0.2) is 17.5 Å². The molecule has 19 heavy (non-hydrogen) atoms. The van der Waals surface area contributed by atoms with Crippen LogP contribution in [0.5, 0.6) is 0 Å². The van der Waals surface area contributed by atoms with Gasteiger partial charge in [0.05, 0.1) is 0 Å². The fourth-order valence-corrected chi connectivity index (χ4v) is 2.30. The minimum atomic E-state index is -1.56. The van der Waals surface area contributed by atoms with Gasteiger partial charge < -0.3 is 10.6 Å². The SMILES string of the molecule is NCC1CCCN(C(=O)c2cc(F)c(F)c(F)c2)C1. The molecule has 104 valence electrons. The molecule has 1 unspecified atom stereocenters. The molecule has 0 bridgehead atoms. The van der Waals surface area contributed by atoms with Gasteiger partial charge in [0.2, 0.25) is 0 Å². The van der Waals surface area contributed by atoms with Crippen molar-refractivity contribution in [3.8, 4) is 0 Å². The number of nitrogens with two attached hydrogens (primary N) is 1. The Morgan fingerprint density at radius 3 is 2.53 bits per heavy atom. The number of benzene rings is 1. The van der Waals surface area contributed by atoms with E-state index in [1.165, 1.54) is 4.90 Å². The Kier molecular flexibility index (Phi) is 4.09. The van der Waals surface area contributed by atoms with Crippen molar-refractivity contribution in [1.82, 2.24) is 4.90 Å². The lowest BCUT2D eigenvalue weighted by molar-refractivity contribution is 0.0677. The lowest BCUT2D eigenvalue weighted by atomic mass is 9.97. The average Bonchev–Trinajstić information content (AvgIpc) is 2.43. The third-order valence-electron chi connectivity index (χ3n) is 3.37. The second-order valence-corrected chi connectivity index (χ2v) is 4.75. The number of halogens is 3. The van der Waals surface area contributed by atoms with E-state index < -0.39 is 23.4 Å². The molecule has 0 spiro atoms. The van der Waals surface area contributed by atoms with Gasteiger partial charge in [-0.2, -0.15) is 0 Å². The Balaban J connectivity index is 2.19. The molecule has 0 radical (unpaired) electrons. The summed E-state index contributed by atoms with van der Waals surface area (Å²) in [7, 11) is 0. The van der Waals surface area contributed by atoms with E-state index in [0.29, 0.717) is 19.6 Å². The third kappa shape index (κ3) is 2.89. The molecular weight excluding hydrogens is 257 g/mol. The summed E-state index contributed by atoms with van der Waals surface area (Å²) >= 11 is 0. The molecule has 3 nitrogen and oxygen atoms in total. The summed E-state index contributed by atoms with van der Waals surface area (Å²) in [6.07, 6.45) is 1.74. The van der Waals surface area contributed by atoms with E-state index in [4.69, 9.17) is 5.73 Å². The second-order valence-electron chi connectivity index (χ2n) is 4.75. The number of carbonyl (C=O) groups is 1. The normalized spacial score (nSPS) is 19.6. The topological polar surface area (TPSA) is 46.3 Å². The Bertz CT molecular complexity index is 470. The van der Waals surface area contributed by atoms with Crippen LogP contribution in [0.1, 0.15) is 23.2 Å². The first kappa shape index (κ1) is 13.9. The quantitative estimate of drug-likeness (QED) is 0.836. The van der Waals surface area contributed by atoms with Crippen LogP contribution in [-0.2, 0) is 0 Å². The molecular formula is C13H15F3N2O. The number of hydrogen-bond acceptors (Lipinski definition) is 2. The molecule has 1 saturated heterocycles. The van der Waals surface area contributed by atoms with Crippen molar-refractivity contribution in [3.63, 3.8) is 0 Å². The number of nitrogens with zero attached hydrogens (tertiary/aromatic N) is 1. The number of carbonyl (C=O) groups excluding carboxylic acids is 1. The average molecular weight is 272 g/mol. The summed E-state index contributed by atoms with van der Waals surface area (Å²) in [6, 6.07) is 1.46. The number of rotatable bonds is 2. The van der Waals surface area contributed by atoms with Gasteiger partial charge in [-0.05, 0) is 37.4 Å². The molecule has 0 saturated carbocycles. The zero-order valence-electron chi connectivity index (χ0n) is 10.3. The van der Waals surface area contributed by atoms with Gasteiger partial charge in [-0.3, -0.25) is 4.79 Å². The van der Waals surface area contributed by atoms with Crippen LogP contribution in [0.2, 0.25) is 0 Å². The van der Waals surface area contributed by atoms with E-state index in [-0.39, 0.29) is 11.5 Å². The lowest BCUT2D eigenvalue weighted by Gasteiger charge is -2.32. The van der Waals surface area contributed by atoms with Crippen molar-refractivity contribution in [2.45, 2.75) is 12.8 Å². The lowest BCUT2D eigenvalue weighted by Crippen LogP contribution is -2.42. The van der Waals surface area contributed by atoms with Crippen molar-refractivity contribution < 1.29 is 18.0 Å². The maximum atomic E-state index is 13.1. The standard InChI is InChI=1S/C13H15F3N2O/c14-10-4-9(5-11(15)12(10)16)13(19)18-3-1-2-8(6-17)7-18/h4-5,8H,1-3,6-7,17H2. The van der Waals surface area contributed by atoms with Crippen LogP contribution in [0.25, 0.3) is 0 Å². The predicted octanol–water partition coefficient (Wildman–Crippen LogP) is 1.91. The minimum Gasteiger partial charge on any atom is -0.338 e. The third-order valence-corrected chi connectivity index (χ3v) is 3.37. The molecule has 2 N–H and O–H groups in total. The van der Waals surface area contributed by atoms with E-state index >= 15 is 0 Å². The smallest absolute Gasteiger partial charge is 0.254 e. The Morgan fingerprint density at radius 2 is 1.95 bits per heavy atom. The summed E-state index contributed by atoms with van der Waals surface area (Å²) in [5.74, 6) is -4.55. The minimum absolute atomic E-state index is 0.172. The number of hydrogen-bond donors (Lipinski definition) is 1. The van der Waals surface area contributed by atoms with E-state index in [1.54, 1.807) is 0 Å². The van der Waals surface area contributed by atoms with Crippen molar-refractivity contribution in [2.24, 2.45) is 11.7 Å². The molecule has 6 heteroatoms. The van der Waals surface area contributed by atoms with Gasteiger partial charge in [-0.25, -0.2) is 13.2 Å². The van der Waals surface area contributed by atoms with Crippen LogP contribution in [0.15, 0.2) is 12.1 Å². The highest BCUT2D eigenvalue weighted by molar-refractivity contribution is 5.94. The molecule has 1 aliphatic rings. The van der Waals surface area contributed by atoms with Crippen LogP contribution in [0, 0.1) is 23.4 Å². The molecule has 2 rings (SSSR count). The Hall–Kier alpha value is -1.56. The largest absolute Gasteiger partial charge is 0.338 e. The zero-order chi connectivity index (χ0) is 14.0.